The van der Waals surface area contributed by atoms with E-state index in [1.807, 2.05) is 91.0 Å². The van der Waals surface area contributed by atoms with Gasteiger partial charge in [0.05, 0.1) is 46.0 Å². The van der Waals surface area contributed by atoms with Crippen molar-refractivity contribution in [2.45, 2.75) is 64.2 Å². The first-order valence-electron chi connectivity index (χ1n) is 20.9. The molecule has 3 amide bonds. The Hall–Kier alpha value is -7.81. The van der Waals surface area contributed by atoms with Crippen LogP contribution in [-0.4, -0.2) is 130 Å². The highest BCUT2D eigenvalue weighted by Gasteiger charge is 2.20. The summed E-state index contributed by atoms with van der Waals surface area (Å²) in [5.74, 6) is -3.42. The molecule has 2 aliphatic heterocycles. The number of cyclic esters (lactones) is 4. The minimum Gasteiger partial charge on any atom is -0.469 e. The summed E-state index contributed by atoms with van der Waals surface area (Å²) in [5.41, 5.74) is 15.5. The largest absolute Gasteiger partial charge is 0.469 e. The fourth-order valence-corrected chi connectivity index (χ4v) is 4.14. The molecule has 0 saturated carbocycles. The van der Waals surface area contributed by atoms with E-state index in [0.717, 1.165) is 23.9 Å². The number of hydrogen-bond donors (Lipinski definition) is 9. The van der Waals surface area contributed by atoms with Crippen molar-refractivity contribution in [2.24, 2.45) is 5.73 Å². The Morgan fingerprint density at radius 1 is 0.606 bits per heavy atom. The number of amides is 3. The average molecular weight is 1010 g/mol. The van der Waals surface area contributed by atoms with Gasteiger partial charge >= 0.3 is 29.8 Å². The van der Waals surface area contributed by atoms with Crippen LogP contribution >= 0.6 is 0 Å². The number of hydroxylamine groups is 1. The summed E-state index contributed by atoms with van der Waals surface area (Å²) in [6, 6.07) is 28.5. The van der Waals surface area contributed by atoms with Crippen LogP contribution in [0.2, 0.25) is 0 Å². The van der Waals surface area contributed by atoms with Crippen LogP contribution in [0.25, 0.3) is 0 Å². The summed E-state index contributed by atoms with van der Waals surface area (Å²) < 4.78 is 16.8. The van der Waals surface area contributed by atoms with Crippen molar-refractivity contribution >= 4 is 71.3 Å². The zero-order valence-corrected chi connectivity index (χ0v) is 40.3. The van der Waals surface area contributed by atoms with Crippen LogP contribution in [0.15, 0.2) is 91.0 Å². The Kier molecular flexibility index (Phi) is 49.2. The first-order valence-corrected chi connectivity index (χ1v) is 20.9. The molecule has 2 fully saturated rings. The van der Waals surface area contributed by atoms with E-state index in [4.69, 9.17) is 21.3 Å². The minimum absolute atomic E-state index is 0.0815. The smallest absolute Gasteiger partial charge is 0.315 e. The molecule has 0 atom stereocenters. The van der Waals surface area contributed by atoms with Crippen LogP contribution in [0, 0.1) is 0 Å². The maximum Gasteiger partial charge on any atom is 0.315 e. The molecule has 3 aromatic rings. The van der Waals surface area contributed by atoms with Crippen LogP contribution < -0.4 is 33.2 Å². The van der Waals surface area contributed by atoms with E-state index in [0.29, 0.717) is 25.7 Å². The topological polar surface area (TPSA) is 395 Å². The summed E-state index contributed by atoms with van der Waals surface area (Å²) in [6.07, 6.45) is 1.91. The lowest BCUT2D eigenvalue weighted by Crippen LogP contribution is -2.27. The van der Waals surface area contributed by atoms with Crippen molar-refractivity contribution in [2.75, 3.05) is 54.3 Å². The van der Waals surface area contributed by atoms with Gasteiger partial charge in [-0.15, -0.1) is 0 Å². The van der Waals surface area contributed by atoms with Gasteiger partial charge in [0.25, 0.3) is 12.4 Å². The van der Waals surface area contributed by atoms with Crippen LogP contribution in [0.3, 0.4) is 0 Å². The zero-order valence-electron chi connectivity index (χ0n) is 40.3. The number of anilines is 1. The van der Waals surface area contributed by atoms with Gasteiger partial charge in [-0.3, -0.25) is 68.0 Å². The van der Waals surface area contributed by atoms with E-state index >= 15 is 0 Å². The van der Waals surface area contributed by atoms with Gasteiger partial charge in [-0.05, 0) is 30.3 Å². The summed E-state index contributed by atoms with van der Waals surface area (Å²) in [7, 11) is 6.61. The Bertz CT molecular complexity index is 1840. The van der Waals surface area contributed by atoms with Gasteiger partial charge in [0, 0.05) is 52.6 Å². The van der Waals surface area contributed by atoms with E-state index in [1.54, 1.807) is 0 Å². The molecule has 0 aromatic heterocycles. The lowest BCUT2D eigenvalue weighted by molar-refractivity contribution is -0.153. The van der Waals surface area contributed by atoms with E-state index in [1.165, 1.54) is 39.4 Å². The highest BCUT2D eigenvalue weighted by Crippen LogP contribution is 2.05. The molecule has 2 saturated heterocycles. The predicted molar refractivity (Wildman–Crippen MR) is 252 cm³/mol. The number of carbonyl (C=O) groups is 11. The molecule has 394 valence electrons. The molecule has 0 radical (unpaired) electrons. The molecule has 2 heterocycles. The third-order valence-corrected chi connectivity index (χ3v) is 7.46. The van der Waals surface area contributed by atoms with E-state index in [-0.39, 0.29) is 75.6 Å². The number of aliphatic hydroxyl groups is 1. The molecular weight excluding hydrogens is 941 g/mol. The maximum absolute atomic E-state index is 11.3. The number of carbonyl (C=O) groups excluding carboxylic acids is 11. The summed E-state index contributed by atoms with van der Waals surface area (Å²) in [4.78, 5) is 118. The van der Waals surface area contributed by atoms with Gasteiger partial charge in [0.15, 0.2) is 0 Å². The average Bonchev–Trinajstić information content (AvgIpc) is 3.97. The molecule has 0 unspecified atom stereocenters. The number of benzene rings is 3. The number of aliphatic hydroxyl groups excluding tert-OH is 1. The van der Waals surface area contributed by atoms with Crippen LogP contribution in [0.4, 0.5) is 5.69 Å². The number of hydrogen-bond acceptors (Lipinski definition) is 22. The fourth-order valence-electron chi connectivity index (χ4n) is 4.14. The Labute approximate surface area is 410 Å². The van der Waals surface area contributed by atoms with Crippen LogP contribution in [-0.2, 0) is 89.4 Å². The second-order valence-electron chi connectivity index (χ2n) is 12.7. The summed E-state index contributed by atoms with van der Waals surface area (Å²) in [6.45, 7) is 0.715. The highest BCUT2D eigenvalue weighted by molar-refractivity contribution is 5.96. The molecule has 5 rings (SSSR count). The van der Waals surface area contributed by atoms with Gasteiger partial charge in [0.2, 0.25) is 11.8 Å². The van der Waals surface area contributed by atoms with Gasteiger partial charge < -0.3 is 46.2 Å². The quantitative estimate of drug-likeness (QED) is 0.0138. The van der Waals surface area contributed by atoms with E-state index in [9.17, 15) is 52.7 Å². The van der Waals surface area contributed by atoms with Gasteiger partial charge in [-0.25, -0.2) is 5.48 Å². The molecule has 25 nitrogen and oxygen atoms in total. The van der Waals surface area contributed by atoms with E-state index < -0.39 is 41.7 Å². The molecular formula is C46H66N6O19. The normalized spacial score (nSPS) is 10.9. The number of nitrogen functional groups attached to an aromatic ring is 1. The molecule has 0 bridgehead atoms. The summed E-state index contributed by atoms with van der Waals surface area (Å²) >= 11 is 0. The highest BCUT2D eigenvalue weighted by atomic mass is 16.8. The van der Waals surface area contributed by atoms with Crippen LogP contribution in [0.5, 0.6) is 0 Å². The lowest BCUT2D eigenvalue weighted by atomic mass is 10.1. The van der Waals surface area contributed by atoms with Gasteiger partial charge in [0.1, 0.15) is 24.4 Å². The Morgan fingerprint density at radius 2 is 0.972 bits per heavy atom. The van der Waals surface area contributed by atoms with Gasteiger partial charge in [-0.2, -0.15) is 0 Å². The standard InChI is InChI=1S/C11H12O3.C10H13NO3.C6H7N.C5H9NO3.C4H8N2O3.2C4H4O3.CH5N.CH4O/c12-9-14-7-6-11(13)8-10-4-2-1-3-5-10;12-10(6-7-14-11-13)8-9-4-2-1-3-5-9;7-6-4-2-1-3-5-6;1-6-4(7)3-5(8)9-2;1-5-3(7)2-4(8)6-9;2*5-3-1-2-4(6)7-3;2*1-2/h1-5,9H,6-8H2;1-5,11,13H,6-8H2;1-5H,7H2;3H2,1-2H3,(H,6,7);9H,2H2,1H3,(H,5,7)(H,6,8);2*1-2H2;2H2,1H3;2H,1H3. The number of methoxy groups -OCH3 is 1. The molecule has 2 aliphatic rings. The second kappa shape index (κ2) is 50.1. The number of para-hydroxylation sites is 1. The number of ketones is 2. The minimum atomic E-state index is -0.714. The molecule has 0 aliphatic carbocycles. The Morgan fingerprint density at radius 3 is 1.25 bits per heavy atom. The molecule has 25 heteroatoms. The van der Waals surface area contributed by atoms with Crippen molar-refractivity contribution in [3.63, 3.8) is 0 Å². The van der Waals surface area contributed by atoms with Crippen molar-refractivity contribution in [1.29, 1.82) is 0 Å². The number of nitrogens with one attached hydrogen (secondary N) is 4. The number of Topliss-reactive ketones (excluding diaryl/α,β-unsaturated/α-hetero) is 2. The van der Waals surface area contributed by atoms with Crippen molar-refractivity contribution in [1.82, 2.24) is 21.8 Å². The monoisotopic (exact) mass is 1010 g/mol. The van der Waals surface area contributed by atoms with E-state index in [2.05, 4.69) is 40.2 Å². The number of esters is 5. The third kappa shape index (κ3) is 48.5. The number of nitrogens with two attached hydrogens (primary N) is 2. The first kappa shape index (κ1) is 69.8. The van der Waals surface area contributed by atoms with Crippen LogP contribution in [0.1, 0.15) is 62.5 Å². The Balaban J connectivity index is -0.000000371. The fraction of sp³-hybridized carbons (Fsp3) is 0.370. The number of ether oxygens (including phenoxy) is 4. The molecule has 3 aromatic carbocycles. The SMILES string of the molecule is CN.CNC(=O)CC(=O)NO.CNC(=O)CC(=O)OC.CO.Nc1ccccc1.O=C(CCONO)Cc1ccccc1.O=C1CCC(=O)O1.O=C1CCC(=O)O1.O=COCCC(=O)Cc1ccccc1. The lowest BCUT2D eigenvalue weighted by Gasteiger charge is -2.00. The molecule has 0 spiro atoms. The zero-order chi connectivity index (χ0) is 54.7. The van der Waals surface area contributed by atoms with Crippen molar-refractivity contribution in [3.05, 3.63) is 102 Å². The molecule has 71 heavy (non-hydrogen) atoms. The third-order valence-electron chi connectivity index (χ3n) is 7.46. The van der Waals surface area contributed by atoms with Crippen molar-refractivity contribution in [3.8, 4) is 0 Å². The predicted octanol–water partition coefficient (Wildman–Crippen LogP) is 0.536. The summed E-state index contributed by atoms with van der Waals surface area (Å²) in [5, 5.41) is 27.5. The van der Waals surface area contributed by atoms with Gasteiger partial charge in [-0.1, -0.05) is 84.5 Å². The maximum atomic E-state index is 11.3. The van der Waals surface area contributed by atoms with Crippen molar-refractivity contribution < 1.29 is 92.0 Å². The first-order chi connectivity index (χ1) is 34.0. The second-order valence-corrected chi connectivity index (χ2v) is 12.7. The molecule has 11 N–H and O–H groups in total. The number of rotatable bonds is 16.